The second-order valence-electron chi connectivity index (χ2n) is 2.82. The zero-order valence-corrected chi connectivity index (χ0v) is 7.46. The maximum atomic E-state index is 12.8. The van der Waals surface area contributed by atoms with Crippen molar-refractivity contribution in [3.05, 3.63) is 29.6 Å². The number of amides is 1. The molecule has 0 aliphatic heterocycles. The molecular formula is C9H11FN2O2. The van der Waals surface area contributed by atoms with Gasteiger partial charge in [-0.05, 0) is 6.07 Å². The summed E-state index contributed by atoms with van der Waals surface area (Å²) in [5, 5.41) is 11.9. The zero-order chi connectivity index (χ0) is 10.6. The lowest BCUT2D eigenvalue weighted by Gasteiger charge is -2.05. The molecule has 0 spiro atoms. The highest BCUT2D eigenvalue weighted by Crippen LogP contribution is 2.19. The van der Waals surface area contributed by atoms with Gasteiger partial charge < -0.3 is 16.2 Å². The van der Waals surface area contributed by atoms with Crippen molar-refractivity contribution in [3.8, 4) is 5.75 Å². The van der Waals surface area contributed by atoms with Crippen molar-refractivity contribution in [2.45, 2.75) is 6.54 Å². The van der Waals surface area contributed by atoms with E-state index in [2.05, 4.69) is 5.32 Å². The molecule has 0 atom stereocenters. The third kappa shape index (κ3) is 2.70. The maximum absolute atomic E-state index is 12.8. The number of phenolic OH excluding ortho intramolecular Hbond substituents is 1. The largest absolute Gasteiger partial charge is 0.505 e. The lowest BCUT2D eigenvalue weighted by atomic mass is 10.2. The van der Waals surface area contributed by atoms with Crippen LogP contribution in [0.15, 0.2) is 18.2 Å². The summed E-state index contributed by atoms with van der Waals surface area (Å²) in [6.07, 6.45) is 0. The Morgan fingerprint density at radius 1 is 1.57 bits per heavy atom. The molecule has 0 bridgehead atoms. The van der Waals surface area contributed by atoms with Crippen LogP contribution in [0.5, 0.6) is 5.75 Å². The summed E-state index contributed by atoms with van der Waals surface area (Å²) in [5.41, 5.74) is 5.28. The molecule has 14 heavy (non-hydrogen) atoms. The van der Waals surface area contributed by atoms with Crippen molar-refractivity contribution in [1.82, 2.24) is 5.32 Å². The highest BCUT2D eigenvalue weighted by molar-refractivity contribution is 5.75. The van der Waals surface area contributed by atoms with Crippen LogP contribution >= 0.6 is 0 Å². The van der Waals surface area contributed by atoms with Crippen molar-refractivity contribution in [2.75, 3.05) is 6.54 Å². The Morgan fingerprint density at radius 2 is 2.29 bits per heavy atom. The first-order valence-corrected chi connectivity index (χ1v) is 4.06. The van der Waals surface area contributed by atoms with Gasteiger partial charge in [0.05, 0.1) is 6.54 Å². The fourth-order valence-electron chi connectivity index (χ4n) is 1.02. The van der Waals surface area contributed by atoms with Crippen molar-refractivity contribution in [3.63, 3.8) is 0 Å². The first-order chi connectivity index (χ1) is 6.61. The Kier molecular flexibility index (Phi) is 3.41. The molecule has 5 heteroatoms. The number of hydrogen-bond donors (Lipinski definition) is 3. The monoisotopic (exact) mass is 198 g/mol. The van der Waals surface area contributed by atoms with Crippen LogP contribution in [0.25, 0.3) is 0 Å². The lowest BCUT2D eigenvalue weighted by Crippen LogP contribution is -2.28. The number of nitrogens with one attached hydrogen (secondary N) is 1. The molecule has 0 saturated carbocycles. The first-order valence-electron chi connectivity index (χ1n) is 4.06. The fourth-order valence-corrected chi connectivity index (χ4v) is 1.02. The topological polar surface area (TPSA) is 75.4 Å². The lowest BCUT2D eigenvalue weighted by molar-refractivity contribution is -0.117. The van der Waals surface area contributed by atoms with Crippen LogP contribution in [0.2, 0.25) is 0 Å². The molecule has 4 nitrogen and oxygen atoms in total. The third-order valence-electron chi connectivity index (χ3n) is 1.69. The van der Waals surface area contributed by atoms with Gasteiger partial charge in [-0.15, -0.1) is 0 Å². The molecule has 0 aliphatic rings. The van der Waals surface area contributed by atoms with Gasteiger partial charge in [-0.1, -0.05) is 12.1 Å². The van der Waals surface area contributed by atoms with Crippen LogP contribution in [0.4, 0.5) is 4.39 Å². The van der Waals surface area contributed by atoms with E-state index in [9.17, 15) is 14.3 Å². The van der Waals surface area contributed by atoms with E-state index in [1.807, 2.05) is 0 Å². The summed E-state index contributed by atoms with van der Waals surface area (Å²) in [4.78, 5) is 10.4. The second kappa shape index (κ2) is 4.57. The summed E-state index contributed by atoms with van der Waals surface area (Å²) in [5.74, 6) is -1.58. The van der Waals surface area contributed by atoms with E-state index in [4.69, 9.17) is 5.73 Å². The molecule has 0 fully saturated rings. The molecule has 0 aromatic heterocycles. The quantitative estimate of drug-likeness (QED) is 0.642. The molecule has 76 valence electrons. The van der Waals surface area contributed by atoms with Gasteiger partial charge in [0, 0.05) is 12.1 Å². The fraction of sp³-hybridized carbons (Fsp3) is 0.222. The van der Waals surface area contributed by atoms with E-state index in [0.717, 1.165) is 6.07 Å². The molecule has 0 aliphatic carbocycles. The molecule has 4 N–H and O–H groups in total. The SMILES string of the molecule is NC(=O)CNCc1cccc(F)c1O. The van der Waals surface area contributed by atoms with Crippen molar-refractivity contribution in [2.24, 2.45) is 5.73 Å². The van der Waals surface area contributed by atoms with E-state index in [0.29, 0.717) is 5.56 Å². The van der Waals surface area contributed by atoms with E-state index in [1.54, 1.807) is 6.07 Å². The van der Waals surface area contributed by atoms with Crippen LogP contribution in [0.3, 0.4) is 0 Å². The second-order valence-corrected chi connectivity index (χ2v) is 2.82. The van der Waals surface area contributed by atoms with Gasteiger partial charge in [-0.25, -0.2) is 4.39 Å². The summed E-state index contributed by atoms with van der Waals surface area (Å²) >= 11 is 0. The number of para-hydroxylation sites is 1. The van der Waals surface area contributed by atoms with Crippen molar-refractivity contribution >= 4 is 5.91 Å². The predicted molar refractivity (Wildman–Crippen MR) is 49.0 cm³/mol. The molecule has 0 heterocycles. The van der Waals surface area contributed by atoms with E-state index in [-0.39, 0.29) is 13.1 Å². The molecule has 0 saturated heterocycles. The van der Waals surface area contributed by atoms with Crippen LogP contribution in [0, 0.1) is 5.82 Å². The molecule has 0 radical (unpaired) electrons. The number of primary amides is 1. The number of nitrogens with two attached hydrogens (primary N) is 1. The minimum atomic E-state index is -0.677. The number of phenols is 1. The average molecular weight is 198 g/mol. The number of carbonyl (C=O) groups excluding carboxylic acids is 1. The summed E-state index contributed by atoms with van der Waals surface area (Å²) in [6, 6.07) is 4.20. The van der Waals surface area contributed by atoms with E-state index < -0.39 is 17.5 Å². The number of rotatable bonds is 4. The zero-order valence-electron chi connectivity index (χ0n) is 7.46. The Hall–Kier alpha value is -1.62. The summed E-state index contributed by atoms with van der Waals surface area (Å²) in [7, 11) is 0. The summed E-state index contributed by atoms with van der Waals surface area (Å²) < 4.78 is 12.8. The Morgan fingerprint density at radius 3 is 2.93 bits per heavy atom. The smallest absolute Gasteiger partial charge is 0.231 e. The minimum Gasteiger partial charge on any atom is -0.505 e. The van der Waals surface area contributed by atoms with Gasteiger partial charge in [-0.2, -0.15) is 0 Å². The van der Waals surface area contributed by atoms with Crippen LogP contribution in [0.1, 0.15) is 5.56 Å². The first kappa shape index (κ1) is 10.5. The minimum absolute atomic E-state index is 0.00401. The molecular weight excluding hydrogens is 187 g/mol. The van der Waals surface area contributed by atoms with Gasteiger partial charge in [0.25, 0.3) is 0 Å². The number of benzene rings is 1. The molecule has 0 unspecified atom stereocenters. The standard InChI is InChI=1S/C9H11FN2O2/c10-7-3-1-2-6(9(7)14)4-12-5-8(11)13/h1-3,12,14H,4-5H2,(H2,11,13). The van der Waals surface area contributed by atoms with Gasteiger partial charge in [0.1, 0.15) is 0 Å². The number of carbonyl (C=O) groups is 1. The van der Waals surface area contributed by atoms with Crippen LogP contribution in [-0.2, 0) is 11.3 Å². The van der Waals surface area contributed by atoms with E-state index >= 15 is 0 Å². The average Bonchev–Trinajstić information content (AvgIpc) is 2.12. The van der Waals surface area contributed by atoms with Gasteiger partial charge in [0.15, 0.2) is 11.6 Å². The number of hydrogen-bond acceptors (Lipinski definition) is 3. The number of aromatic hydroxyl groups is 1. The highest BCUT2D eigenvalue weighted by Gasteiger charge is 2.05. The normalized spacial score (nSPS) is 10.1. The van der Waals surface area contributed by atoms with E-state index in [1.165, 1.54) is 6.07 Å². The highest BCUT2D eigenvalue weighted by atomic mass is 19.1. The molecule has 1 aromatic carbocycles. The van der Waals surface area contributed by atoms with Crippen LogP contribution < -0.4 is 11.1 Å². The van der Waals surface area contributed by atoms with Gasteiger partial charge in [0.2, 0.25) is 5.91 Å². The number of halogens is 1. The van der Waals surface area contributed by atoms with Gasteiger partial charge >= 0.3 is 0 Å². The van der Waals surface area contributed by atoms with Gasteiger partial charge in [-0.3, -0.25) is 4.79 Å². The predicted octanol–water partition coefficient (Wildman–Crippen LogP) is 0.106. The maximum Gasteiger partial charge on any atom is 0.231 e. The van der Waals surface area contributed by atoms with Crippen molar-refractivity contribution in [1.29, 1.82) is 0 Å². The molecule has 1 amide bonds. The van der Waals surface area contributed by atoms with Crippen LogP contribution in [-0.4, -0.2) is 17.6 Å². The summed E-state index contributed by atoms with van der Waals surface area (Å²) in [6.45, 7) is 0.197. The molecule has 1 aromatic rings. The Balaban J connectivity index is 2.59. The third-order valence-corrected chi connectivity index (χ3v) is 1.69. The molecule has 1 rings (SSSR count). The Labute approximate surface area is 80.5 Å². The van der Waals surface area contributed by atoms with Crippen molar-refractivity contribution < 1.29 is 14.3 Å². The Bertz CT molecular complexity index is 342.